The maximum Gasteiger partial charge on any atom is 0.221 e. The molecule has 0 aliphatic heterocycles. The smallest absolute Gasteiger partial charge is 0.221 e. The molecule has 0 spiro atoms. The predicted octanol–water partition coefficient (Wildman–Crippen LogP) is 1.86. The van der Waals surface area contributed by atoms with Gasteiger partial charge in [0.05, 0.1) is 12.1 Å². The number of hydrogen-bond acceptors (Lipinski definition) is 3. The van der Waals surface area contributed by atoms with Gasteiger partial charge in [0.15, 0.2) is 0 Å². The van der Waals surface area contributed by atoms with Gasteiger partial charge < -0.3 is 0 Å². The molecule has 1 aliphatic carbocycles. The van der Waals surface area contributed by atoms with Crippen molar-refractivity contribution >= 4 is 23.0 Å². The normalized spacial score (nSPS) is 18.5. The van der Waals surface area contributed by atoms with Crippen LogP contribution in [0.2, 0.25) is 0 Å². The van der Waals surface area contributed by atoms with Gasteiger partial charge in [-0.1, -0.05) is 18.2 Å². The Balaban J connectivity index is 2.26. The average Bonchev–Trinajstić information content (AvgIpc) is 2.25. The highest BCUT2D eigenvalue weighted by atomic mass is 16.2. The van der Waals surface area contributed by atoms with Crippen LogP contribution >= 0.6 is 0 Å². The fraction of sp³-hybridized carbons (Fsp3) is 0.0833. The second-order valence-electron chi connectivity index (χ2n) is 3.24. The molecule has 74 valence electrons. The van der Waals surface area contributed by atoms with Crippen molar-refractivity contribution in [3.63, 3.8) is 0 Å². The van der Waals surface area contributed by atoms with Gasteiger partial charge in [-0.3, -0.25) is 14.6 Å². The van der Waals surface area contributed by atoms with Crippen LogP contribution in [0.15, 0.2) is 47.5 Å². The lowest BCUT2D eigenvalue weighted by molar-refractivity contribution is -0.133. The van der Waals surface area contributed by atoms with Crippen LogP contribution in [-0.4, -0.2) is 17.3 Å². The summed E-state index contributed by atoms with van der Waals surface area (Å²) < 4.78 is 0. The van der Waals surface area contributed by atoms with Gasteiger partial charge in [0.25, 0.3) is 0 Å². The summed E-state index contributed by atoms with van der Waals surface area (Å²) in [7, 11) is 0. The van der Waals surface area contributed by atoms with Gasteiger partial charge in [-0.2, -0.15) is 0 Å². The zero-order valence-electron chi connectivity index (χ0n) is 8.01. The Labute approximate surface area is 87.1 Å². The first-order valence-electron chi connectivity index (χ1n) is 4.63. The minimum absolute atomic E-state index is 0.101. The summed E-state index contributed by atoms with van der Waals surface area (Å²) in [6.07, 6.45) is 2.97. The van der Waals surface area contributed by atoms with Crippen LogP contribution in [0.5, 0.6) is 0 Å². The molecule has 0 saturated carbocycles. The van der Waals surface area contributed by atoms with Crippen LogP contribution in [0, 0.1) is 0 Å². The quantitative estimate of drug-likeness (QED) is 0.648. The van der Waals surface area contributed by atoms with Gasteiger partial charge in [-0.05, 0) is 24.3 Å². The topological polar surface area (TPSA) is 46.5 Å². The van der Waals surface area contributed by atoms with Crippen LogP contribution in [0.1, 0.15) is 6.42 Å². The Morgan fingerprint density at radius 1 is 1.00 bits per heavy atom. The summed E-state index contributed by atoms with van der Waals surface area (Å²) in [4.78, 5) is 26.3. The van der Waals surface area contributed by atoms with Crippen LogP contribution in [0.3, 0.4) is 0 Å². The van der Waals surface area contributed by atoms with Gasteiger partial charge in [-0.15, -0.1) is 0 Å². The van der Waals surface area contributed by atoms with E-state index >= 15 is 0 Å². The molecule has 0 bridgehead atoms. The van der Waals surface area contributed by atoms with E-state index in [0.29, 0.717) is 5.71 Å². The van der Waals surface area contributed by atoms with Gasteiger partial charge in [0, 0.05) is 5.71 Å². The minimum atomic E-state index is -0.443. The van der Waals surface area contributed by atoms with E-state index in [2.05, 4.69) is 4.99 Å². The lowest BCUT2D eigenvalue weighted by Crippen LogP contribution is -2.19. The van der Waals surface area contributed by atoms with Gasteiger partial charge in [0.2, 0.25) is 11.6 Å². The van der Waals surface area contributed by atoms with Crippen molar-refractivity contribution in [3.05, 3.63) is 42.5 Å². The number of aliphatic imine (C=N–C) groups is 1. The Bertz CT molecular complexity index is 458. The second kappa shape index (κ2) is 4.00. The first-order chi connectivity index (χ1) is 7.25. The largest absolute Gasteiger partial charge is 0.290 e. The molecule has 0 unspecified atom stereocenters. The van der Waals surface area contributed by atoms with E-state index in [1.807, 2.05) is 30.3 Å². The van der Waals surface area contributed by atoms with E-state index in [-0.39, 0.29) is 6.42 Å². The molecule has 0 aromatic heterocycles. The monoisotopic (exact) mass is 199 g/mol. The van der Waals surface area contributed by atoms with Crippen molar-refractivity contribution in [1.29, 1.82) is 0 Å². The van der Waals surface area contributed by atoms with Gasteiger partial charge in [-0.25, -0.2) is 0 Å². The predicted molar refractivity (Wildman–Crippen MR) is 57.3 cm³/mol. The molecule has 0 radical (unpaired) electrons. The van der Waals surface area contributed by atoms with Crippen LogP contribution in [0.4, 0.5) is 5.69 Å². The summed E-state index contributed by atoms with van der Waals surface area (Å²) in [6, 6.07) is 9.34. The number of carbonyl (C=O) groups is 2. The Kier molecular flexibility index (Phi) is 2.54. The minimum Gasteiger partial charge on any atom is -0.290 e. The SMILES string of the molecule is O=C1C=CC(=Nc2ccccc2)CC1=O. The van der Waals surface area contributed by atoms with E-state index in [9.17, 15) is 9.59 Å². The molecule has 2 rings (SSSR count). The number of Topliss-reactive ketones (excluding diaryl/α,β-unsaturated/α-hetero) is 1. The maximum atomic E-state index is 11.1. The summed E-state index contributed by atoms with van der Waals surface area (Å²) in [5.74, 6) is -0.839. The first-order valence-corrected chi connectivity index (χ1v) is 4.63. The molecular formula is C12H9NO2. The molecule has 15 heavy (non-hydrogen) atoms. The van der Waals surface area contributed by atoms with Gasteiger partial charge in [0.1, 0.15) is 0 Å². The van der Waals surface area contributed by atoms with Crippen molar-refractivity contribution in [1.82, 2.24) is 0 Å². The lowest BCUT2D eigenvalue weighted by atomic mass is 10.0. The summed E-state index contributed by atoms with van der Waals surface area (Å²) in [6.45, 7) is 0. The third-order valence-electron chi connectivity index (χ3n) is 2.07. The molecule has 3 heteroatoms. The molecule has 1 aromatic carbocycles. The van der Waals surface area contributed by atoms with Gasteiger partial charge >= 0.3 is 0 Å². The molecule has 0 amide bonds. The van der Waals surface area contributed by atoms with Crippen LogP contribution in [-0.2, 0) is 9.59 Å². The lowest BCUT2D eigenvalue weighted by Gasteiger charge is -2.04. The van der Waals surface area contributed by atoms with Crippen molar-refractivity contribution < 1.29 is 9.59 Å². The van der Waals surface area contributed by atoms with E-state index in [4.69, 9.17) is 0 Å². The molecule has 0 N–H and O–H groups in total. The molecule has 0 fully saturated rings. The van der Waals surface area contributed by atoms with Crippen molar-refractivity contribution in [2.75, 3.05) is 0 Å². The van der Waals surface area contributed by atoms with Crippen molar-refractivity contribution in [2.45, 2.75) is 6.42 Å². The Morgan fingerprint density at radius 3 is 2.40 bits per heavy atom. The number of ketones is 2. The number of carbonyl (C=O) groups excluding carboxylic acids is 2. The third-order valence-corrected chi connectivity index (χ3v) is 2.07. The molecule has 3 nitrogen and oxygen atoms in total. The number of nitrogens with zero attached hydrogens (tertiary/aromatic N) is 1. The Hall–Kier alpha value is -2.03. The van der Waals surface area contributed by atoms with Crippen molar-refractivity contribution in [2.24, 2.45) is 4.99 Å². The molecule has 1 aromatic rings. The first kappa shape index (κ1) is 9.52. The summed E-state index contributed by atoms with van der Waals surface area (Å²) in [5.41, 5.74) is 1.42. The van der Waals surface area contributed by atoms with E-state index in [1.54, 1.807) is 6.08 Å². The molecule has 0 atom stereocenters. The van der Waals surface area contributed by atoms with Crippen LogP contribution in [0.25, 0.3) is 0 Å². The highest BCUT2D eigenvalue weighted by Crippen LogP contribution is 2.13. The fourth-order valence-corrected chi connectivity index (χ4v) is 1.32. The highest BCUT2D eigenvalue weighted by molar-refractivity contribution is 6.47. The number of hydrogen-bond donors (Lipinski definition) is 0. The zero-order chi connectivity index (χ0) is 10.7. The molecule has 0 saturated heterocycles. The highest BCUT2D eigenvalue weighted by Gasteiger charge is 2.17. The zero-order valence-corrected chi connectivity index (χ0v) is 8.01. The molecule has 1 aliphatic rings. The standard InChI is InChI=1S/C12H9NO2/c14-11-7-6-10(8-12(11)15)13-9-4-2-1-3-5-9/h1-7H,8H2. The summed E-state index contributed by atoms with van der Waals surface area (Å²) in [5, 5.41) is 0. The summed E-state index contributed by atoms with van der Waals surface area (Å²) >= 11 is 0. The van der Waals surface area contributed by atoms with Crippen LogP contribution < -0.4 is 0 Å². The van der Waals surface area contributed by atoms with E-state index < -0.39 is 11.6 Å². The number of allylic oxidation sites excluding steroid dienone is 2. The maximum absolute atomic E-state index is 11.1. The second-order valence-corrected chi connectivity index (χ2v) is 3.24. The van der Waals surface area contributed by atoms with Crippen molar-refractivity contribution in [3.8, 4) is 0 Å². The number of para-hydroxylation sites is 1. The number of benzene rings is 1. The third kappa shape index (κ3) is 2.26. The molecular weight excluding hydrogens is 190 g/mol. The fourth-order valence-electron chi connectivity index (χ4n) is 1.32. The average molecular weight is 199 g/mol. The van der Waals surface area contributed by atoms with E-state index in [0.717, 1.165) is 5.69 Å². The molecule has 0 heterocycles. The van der Waals surface area contributed by atoms with E-state index in [1.165, 1.54) is 6.08 Å². The Morgan fingerprint density at radius 2 is 1.73 bits per heavy atom. The number of rotatable bonds is 1.